The van der Waals surface area contributed by atoms with E-state index in [2.05, 4.69) is 18.2 Å². The van der Waals surface area contributed by atoms with Gasteiger partial charge in [0.15, 0.2) is 0 Å². The Labute approximate surface area is 171 Å². The van der Waals surface area contributed by atoms with Crippen LogP contribution in [0.4, 0.5) is 0 Å². The highest BCUT2D eigenvalue weighted by Gasteiger charge is 2.44. The molecular formula is C21H21ClO5S. The number of benzene rings is 2. The fraction of sp³-hybridized carbons (Fsp3) is 0.333. The standard InChI is InChI=1S/C21H21ClO5S/c22-15-6-5-12(21-20(26)19(25)18(24)16(10-23)27-21)7-13(15)9-14-8-11-3-1-2-4-17(11)28-14/h1-8,16,18-21,23-26H,9-10H2/t16-,18-,19+,20-,21+/m1/s1. The Balaban J connectivity index is 1.63. The van der Waals surface area contributed by atoms with E-state index in [1.54, 1.807) is 23.5 Å². The Morgan fingerprint density at radius 1 is 0.964 bits per heavy atom. The van der Waals surface area contributed by atoms with E-state index in [9.17, 15) is 20.4 Å². The van der Waals surface area contributed by atoms with Crippen molar-refractivity contribution in [3.8, 4) is 0 Å². The highest BCUT2D eigenvalue weighted by atomic mass is 35.5. The van der Waals surface area contributed by atoms with Gasteiger partial charge < -0.3 is 25.2 Å². The lowest BCUT2D eigenvalue weighted by molar-refractivity contribution is -0.231. The van der Waals surface area contributed by atoms with Crippen LogP contribution in [0.25, 0.3) is 10.1 Å². The van der Waals surface area contributed by atoms with Crippen LogP contribution in [0.5, 0.6) is 0 Å². The van der Waals surface area contributed by atoms with Crippen LogP contribution in [-0.2, 0) is 11.2 Å². The summed E-state index contributed by atoms with van der Waals surface area (Å²) in [6.45, 7) is -0.455. The molecule has 1 aromatic heterocycles. The summed E-state index contributed by atoms with van der Waals surface area (Å²) in [5, 5.41) is 41.6. The molecule has 1 fully saturated rings. The fourth-order valence-corrected chi connectivity index (χ4v) is 4.87. The third kappa shape index (κ3) is 3.69. The zero-order valence-electron chi connectivity index (χ0n) is 14.9. The average Bonchev–Trinajstić information content (AvgIpc) is 3.11. The molecule has 1 aliphatic heterocycles. The molecule has 4 rings (SSSR count). The molecule has 0 amide bonds. The Morgan fingerprint density at radius 2 is 1.75 bits per heavy atom. The van der Waals surface area contributed by atoms with Gasteiger partial charge in [-0.3, -0.25) is 0 Å². The first-order valence-corrected chi connectivity index (χ1v) is 10.2. The molecule has 1 aliphatic rings. The number of fused-ring (bicyclic) bond motifs is 1. The smallest absolute Gasteiger partial charge is 0.113 e. The van der Waals surface area contributed by atoms with Gasteiger partial charge in [0.2, 0.25) is 0 Å². The van der Waals surface area contributed by atoms with Crippen molar-refractivity contribution in [3.63, 3.8) is 0 Å². The molecule has 4 N–H and O–H groups in total. The molecule has 0 saturated carbocycles. The molecule has 2 heterocycles. The van der Waals surface area contributed by atoms with Gasteiger partial charge >= 0.3 is 0 Å². The van der Waals surface area contributed by atoms with Crippen molar-refractivity contribution in [3.05, 3.63) is 69.6 Å². The molecule has 0 radical (unpaired) electrons. The number of halogens is 1. The van der Waals surface area contributed by atoms with Crippen molar-refractivity contribution >= 4 is 33.0 Å². The van der Waals surface area contributed by atoms with Crippen LogP contribution in [0.2, 0.25) is 5.02 Å². The molecule has 1 saturated heterocycles. The molecule has 0 aliphatic carbocycles. The zero-order valence-corrected chi connectivity index (χ0v) is 16.5. The minimum absolute atomic E-state index is 0.455. The predicted octanol–water partition coefficient (Wildman–Crippen LogP) is 2.66. The largest absolute Gasteiger partial charge is 0.394 e. The quantitative estimate of drug-likeness (QED) is 0.521. The molecule has 0 bridgehead atoms. The SMILES string of the molecule is OC[C@H]1O[C@@H](c2ccc(Cl)c(Cc3cc4ccccc4s3)c2)[C@H](O)[C@@H](O)[C@@H]1O. The Hall–Kier alpha value is -1.51. The monoisotopic (exact) mass is 420 g/mol. The predicted molar refractivity (Wildman–Crippen MR) is 109 cm³/mol. The molecule has 28 heavy (non-hydrogen) atoms. The first kappa shape index (κ1) is 19.8. The molecule has 3 aromatic rings. The van der Waals surface area contributed by atoms with E-state index < -0.39 is 37.1 Å². The summed E-state index contributed by atoms with van der Waals surface area (Å²) in [6, 6.07) is 15.6. The third-order valence-corrected chi connectivity index (χ3v) is 6.62. The van der Waals surface area contributed by atoms with E-state index in [4.69, 9.17) is 16.3 Å². The first-order chi connectivity index (χ1) is 13.5. The molecule has 0 spiro atoms. The summed E-state index contributed by atoms with van der Waals surface area (Å²) in [6.07, 6.45) is -5.27. The van der Waals surface area contributed by atoms with Gasteiger partial charge in [-0.2, -0.15) is 0 Å². The van der Waals surface area contributed by atoms with E-state index in [0.29, 0.717) is 17.0 Å². The van der Waals surface area contributed by atoms with E-state index >= 15 is 0 Å². The van der Waals surface area contributed by atoms with Crippen molar-refractivity contribution in [2.75, 3.05) is 6.61 Å². The van der Waals surface area contributed by atoms with Crippen molar-refractivity contribution < 1.29 is 25.2 Å². The van der Waals surface area contributed by atoms with Gasteiger partial charge in [-0.05, 0) is 34.7 Å². The second-order valence-corrected chi connectivity index (χ2v) is 8.60. The van der Waals surface area contributed by atoms with Gasteiger partial charge in [-0.25, -0.2) is 0 Å². The third-order valence-electron chi connectivity index (χ3n) is 5.13. The van der Waals surface area contributed by atoms with E-state index in [1.807, 2.05) is 18.2 Å². The van der Waals surface area contributed by atoms with Crippen LogP contribution in [0.3, 0.4) is 0 Å². The second kappa shape index (κ2) is 8.08. The molecule has 0 unspecified atom stereocenters. The molecule has 2 aromatic carbocycles. The minimum Gasteiger partial charge on any atom is -0.394 e. The number of aliphatic hydroxyl groups excluding tert-OH is 4. The van der Waals surface area contributed by atoms with E-state index in [-0.39, 0.29) is 0 Å². The number of thiophene rings is 1. The molecule has 148 valence electrons. The van der Waals surface area contributed by atoms with Crippen LogP contribution in [-0.4, -0.2) is 51.4 Å². The van der Waals surface area contributed by atoms with Crippen LogP contribution in [0.1, 0.15) is 22.1 Å². The summed E-state index contributed by atoms with van der Waals surface area (Å²) in [4.78, 5) is 1.16. The molecular weight excluding hydrogens is 400 g/mol. The fourth-order valence-electron chi connectivity index (χ4n) is 3.60. The van der Waals surface area contributed by atoms with Crippen molar-refractivity contribution in [1.29, 1.82) is 0 Å². The topological polar surface area (TPSA) is 90.2 Å². The average molecular weight is 421 g/mol. The van der Waals surface area contributed by atoms with Crippen molar-refractivity contribution in [2.45, 2.75) is 36.9 Å². The summed E-state index contributed by atoms with van der Waals surface area (Å²) < 4.78 is 6.87. The van der Waals surface area contributed by atoms with Gasteiger partial charge in [-0.15, -0.1) is 11.3 Å². The second-order valence-electron chi connectivity index (χ2n) is 7.03. The first-order valence-electron chi connectivity index (χ1n) is 9.04. The molecule has 5 nitrogen and oxygen atoms in total. The maximum atomic E-state index is 10.4. The van der Waals surface area contributed by atoms with Crippen molar-refractivity contribution in [2.24, 2.45) is 0 Å². The van der Waals surface area contributed by atoms with Crippen LogP contribution >= 0.6 is 22.9 Å². The minimum atomic E-state index is -1.40. The number of rotatable bonds is 4. The van der Waals surface area contributed by atoms with Crippen molar-refractivity contribution in [1.82, 2.24) is 0 Å². The lowest BCUT2D eigenvalue weighted by Crippen LogP contribution is -2.55. The number of ether oxygens (including phenoxy) is 1. The van der Waals surface area contributed by atoms with Gasteiger partial charge in [0.25, 0.3) is 0 Å². The Kier molecular flexibility index (Phi) is 5.71. The Morgan fingerprint density at radius 3 is 2.50 bits per heavy atom. The Bertz CT molecular complexity index is 939. The molecule has 5 atom stereocenters. The van der Waals surface area contributed by atoms with Crippen LogP contribution in [0, 0.1) is 0 Å². The van der Waals surface area contributed by atoms with Gasteiger partial charge in [0.1, 0.15) is 30.5 Å². The van der Waals surface area contributed by atoms with E-state index in [0.717, 1.165) is 10.4 Å². The normalized spacial score (nSPS) is 28.0. The summed E-state index contributed by atoms with van der Waals surface area (Å²) in [5.41, 5.74) is 1.51. The number of hydrogen-bond donors (Lipinski definition) is 4. The summed E-state index contributed by atoms with van der Waals surface area (Å²) in [7, 11) is 0. The van der Waals surface area contributed by atoms with Gasteiger partial charge in [0, 0.05) is 21.0 Å². The van der Waals surface area contributed by atoms with Crippen LogP contribution < -0.4 is 0 Å². The van der Waals surface area contributed by atoms with Gasteiger partial charge in [0.05, 0.1) is 6.61 Å². The lowest BCUT2D eigenvalue weighted by atomic mass is 9.90. The highest BCUT2D eigenvalue weighted by Crippen LogP contribution is 2.35. The maximum Gasteiger partial charge on any atom is 0.113 e. The zero-order chi connectivity index (χ0) is 19.8. The highest BCUT2D eigenvalue weighted by molar-refractivity contribution is 7.19. The van der Waals surface area contributed by atoms with E-state index in [1.165, 1.54) is 10.1 Å². The van der Waals surface area contributed by atoms with Crippen LogP contribution in [0.15, 0.2) is 48.5 Å². The lowest BCUT2D eigenvalue weighted by Gasteiger charge is -2.40. The molecule has 7 heteroatoms. The van der Waals surface area contributed by atoms with Gasteiger partial charge in [-0.1, -0.05) is 41.9 Å². The summed E-state index contributed by atoms with van der Waals surface area (Å²) in [5.74, 6) is 0. The maximum absolute atomic E-state index is 10.4. The number of hydrogen-bond acceptors (Lipinski definition) is 6. The number of aliphatic hydroxyl groups is 4. The summed E-state index contributed by atoms with van der Waals surface area (Å²) >= 11 is 8.10.